The molecule has 10 heteroatoms. The van der Waals surface area contributed by atoms with Crippen molar-refractivity contribution in [2.75, 3.05) is 13.2 Å². The molecule has 1 aliphatic rings. The summed E-state index contributed by atoms with van der Waals surface area (Å²) >= 11 is 0. The Bertz CT molecular complexity index is 929. The molecule has 1 unspecified atom stereocenters. The zero-order chi connectivity index (χ0) is 20.1. The summed E-state index contributed by atoms with van der Waals surface area (Å²) in [6.45, 7) is 1.90. The van der Waals surface area contributed by atoms with Crippen LogP contribution < -0.4 is 19.6 Å². The number of hydrogen-bond donors (Lipinski definition) is 2. The molecule has 0 saturated heterocycles. The van der Waals surface area contributed by atoms with Gasteiger partial charge in [0.2, 0.25) is 6.10 Å². The number of para-hydroxylation sites is 2. The van der Waals surface area contributed by atoms with Gasteiger partial charge < -0.3 is 19.3 Å². The number of amides is 1. The number of carbonyl (C=O) groups excluding carboxylic acids is 1. The smallest absolute Gasteiger partial charge is 0.284 e. The highest BCUT2D eigenvalue weighted by atomic mass is 16.6. The molecule has 1 aliphatic heterocycles. The number of phenols is 1. The van der Waals surface area contributed by atoms with Crippen molar-refractivity contribution in [2.24, 2.45) is 5.10 Å². The van der Waals surface area contributed by atoms with Crippen molar-refractivity contribution in [3.05, 3.63) is 52.1 Å². The predicted molar refractivity (Wildman–Crippen MR) is 98.0 cm³/mol. The van der Waals surface area contributed by atoms with Crippen molar-refractivity contribution in [1.29, 1.82) is 0 Å². The van der Waals surface area contributed by atoms with E-state index in [0.717, 1.165) is 18.3 Å². The minimum atomic E-state index is -0.912. The van der Waals surface area contributed by atoms with Gasteiger partial charge in [0.25, 0.3) is 11.6 Å². The molecule has 28 heavy (non-hydrogen) atoms. The van der Waals surface area contributed by atoms with Crippen LogP contribution >= 0.6 is 0 Å². The Balaban J connectivity index is 1.70. The molecule has 1 heterocycles. The highest BCUT2D eigenvalue weighted by Gasteiger charge is 2.27. The first kappa shape index (κ1) is 19.0. The third-order valence-electron chi connectivity index (χ3n) is 3.78. The van der Waals surface area contributed by atoms with E-state index in [-0.39, 0.29) is 36.0 Å². The number of nitrogens with one attached hydrogen (secondary N) is 1. The number of nitro benzene ring substituents is 1. The van der Waals surface area contributed by atoms with E-state index in [1.54, 1.807) is 31.2 Å². The van der Waals surface area contributed by atoms with Gasteiger partial charge in [-0.15, -0.1) is 0 Å². The van der Waals surface area contributed by atoms with Crippen molar-refractivity contribution in [1.82, 2.24) is 5.43 Å². The average molecular weight is 387 g/mol. The fourth-order valence-electron chi connectivity index (χ4n) is 2.47. The second-order valence-corrected chi connectivity index (χ2v) is 5.67. The lowest BCUT2D eigenvalue weighted by Gasteiger charge is -2.24. The average Bonchev–Trinajstić information content (AvgIpc) is 2.70. The first-order valence-electron chi connectivity index (χ1n) is 8.35. The molecule has 0 aliphatic carbocycles. The lowest BCUT2D eigenvalue weighted by Crippen LogP contribution is -2.42. The molecule has 10 nitrogen and oxygen atoms in total. The van der Waals surface area contributed by atoms with Crippen LogP contribution in [0.2, 0.25) is 0 Å². The number of fused-ring (bicyclic) bond motifs is 1. The number of hydrogen-bond acceptors (Lipinski definition) is 8. The fraction of sp³-hybridized carbons (Fsp3) is 0.222. The van der Waals surface area contributed by atoms with E-state index in [1.165, 1.54) is 0 Å². The Labute approximate surface area is 159 Å². The lowest BCUT2D eigenvalue weighted by atomic mass is 10.1. The summed E-state index contributed by atoms with van der Waals surface area (Å²) < 4.78 is 16.2. The third kappa shape index (κ3) is 4.11. The molecular formula is C18H17N3O7. The molecule has 2 aromatic carbocycles. The summed E-state index contributed by atoms with van der Waals surface area (Å²) in [6, 6.07) is 9.16. The number of hydrazone groups is 1. The molecule has 3 rings (SSSR count). The van der Waals surface area contributed by atoms with E-state index in [4.69, 9.17) is 14.2 Å². The van der Waals surface area contributed by atoms with Crippen LogP contribution in [0.5, 0.6) is 23.0 Å². The van der Waals surface area contributed by atoms with Gasteiger partial charge in [-0.3, -0.25) is 14.9 Å². The maximum Gasteiger partial charge on any atom is 0.284 e. The summed E-state index contributed by atoms with van der Waals surface area (Å²) in [7, 11) is 0. The maximum atomic E-state index is 12.2. The molecule has 1 atom stereocenters. The molecule has 0 aromatic heterocycles. The van der Waals surface area contributed by atoms with Crippen molar-refractivity contribution in [3.63, 3.8) is 0 Å². The van der Waals surface area contributed by atoms with Crippen LogP contribution in [0.25, 0.3) is 0 Å². The zero-order valence-corrected chi connectivity index (χ0v) is 14.8. The SMILES string of the molecule is CCOc1cc([N+](=O)[O-])cc(/C=N\NC(=O)C2COc3ccccc3O2)c1O. The van der Waals surface area contributed by atoms with Crippen LogP contribution in [0, 0.1) is 10.1 Å². The van der Waals surface area contributed by atoms with Gasteiger partial charge in [-0.1, -0.05) is 12.1 Å². The van der Waals surface area contributed by atoms with Crippen molar-refractivity contribution in [2.45, 2.75) is 13.0 Å². The van der Waals surface area contributed by atoms with Crippen LogP contribution in [0.4, 0.5) is 5.69 Å². The highest BCUT2D eigenvalue weighted by molar-refractivity contribution is 5.88. The summed E-state index contributed by atoms with van der Waals surface area (Å²) in [4.78, 5) is 22.6. The normalized spacial score (nSPS) is 15.2. The van der Waals surface area contributed by atoms with Gasteiger partial charge in [0.15, 0.2) is 23.0 Å². The van der Waals surface area contributed by atoms with Crippen LogP contribution in [-0.4, -0.2) is 41.5 Å². The quantitative estimate of drug-likeness (QED) is 0.440. The first-order chi connectivity index (χ1) is 13.5. The number of phenolic OH excluding ortho intramolecular Hbond substituents is 1. The Hall–Kier alpha value is -3.82. The molecule has 1 amide bonds. The standard InChI is InChI=1S/C18H17N3O7/c1-2-26-15-8-12(21(24)25)7-11(17(15)22)9-19-20-18(23)16-10-27-13-5-3-4-6-14(13)28-16/h3-9,16,22H,2,10H2,1H3,(H,20,23)/b19-9-. The number of benzene rings is 2. The molecule has 0 spiro atoms. The summed E-state index contributed by atoms with van der Waals surface area (Å²) in [5.41, 5.74) is 2.00. The second kappa shape index (κ2) is 8.25. The highest BCUT2D eigenvalue weighted by Crippen LogP contribution is 2.34. The van der Waals surface area contributed by atoms with E-state index in [9.17, 15) is 20.0 Å². The lowest BCUT2D eigenvalue weighted by molar-refractivity contribution is -0.385. The minimum absolute atomic E-state index is 0.00884. The molecule has 2 N–H and O–H groups in total. The number of nitrogens with zero attached hydrogens (tertiary/aromatic N) is 2. The van der Waals surface area contributed by atoms with Crippen LogP contribution in [0.3, 0.4) is 0 Å². The Kier molecular flexibility index (Phi) is 5.58. The van der Waals surface area contributed by atoms with Gasteiger partial charge in [-0.2, -0.15) is 5.10 Å². The van der Waals surface area contributed by atoms with Gasteiger partial charge in [0, 0.05) is 11.6 Å². The number of non-ortho nitro benzene ring substituents is 1. The Morgan fingerprint density at radius 2 is 2.18 bits per heavy atom. The molecule has 0 saturated carbocycles. The van der Waals surface area contributed by atoms with Gasteiger partial charge >= 0.3 is 0 Å². The van der Waals surface area contributed by atoms with Crippen molar-refractivity contribution >= 4 is 17.8 Å². The van der Waals surface area contributed by atoms with E-state index >= 15 is 0 Å². The topological polar surface area (TPSA) is 133 Å². The zero-order valence-electron chi connectivity index (χ0n) is 14.8. The number of rotatable bonds is 6. The Morgan fingerprint density at radius 3 is 2.89 bits per heavy atom. The summed E-state index contributed by atoms with van der Waals surface area (Å²) in [5.74, 6) is 0.0398. The minimum Gasteiger partial charge on any atom is -0.504 e. The van der Waals surface area contributed by atoms with Crippen molar-refractivity contribution in [3.8, 4) is 23.0 Å². The summed E-state index contributed by atoms with van der Waals surface area (Å²) in [5, 5.41) is 24.9. The maximum absolute atomic E-state index is 12.2. The predicted octanol–water partition coefficient (Wildman–Crippen LogP) is 1.99. The van der Waals surface area contributed by atoms with Crippen LogP contribution in [0.15, 0.2) is 41.5 Å². The van der Waals surface area contributed by atoms with Gasteiger partial charge in [0.05, 0.1) is 23.8 Å². The Morgan fingerprint density at radius 1 is 1.43 bits per heavy atom. The second-order valence-electron chi connectivity index (χ2n) is 5.67. The largest absolute Gasteiger partial charge is 0.504 e. The van der Waals surface area contributed by atoms with Gasteiger partial charge in [-0.25, -0.2) is 5.43 Å². The number of aromatic hydroxyl groups is 1. The molecule has 0 fully saturated rings. The van der Waals surface area contributed by atoms with E-state index in [2.05, 4.69) is 10.5 Å². The number of ether oxygens (including phenoxy) is 3. The first-order valence-corrected chi connectivity index (χ1v) is 8.35. The fourth-order valence-corrected chi connectivity index (χ4v) is 2.47. The van der Waals surface area contributed by atoms with Crippen LogP contribution in [-0.2, 0) is 4.79 Å². The monoisotopic (exact) mass is 387 g/mol. The molecule has 146 valence electrons. The van der Waals surface area contributed by atoms with E-state index in [1.807, 2.05) is 0 Å². The molecule has 0 bridgehead atoms. The summed E-state index contributed by atoms with van der Waals surface area (Å²) in [6.07, 6.45) is 0.171. The van der Waals surface area contributed by atoms with E-state index < -0.39 is 16.9 Å². The van der Waals surface area contributed by atoms with Crippen molar-refractivity contribution < 1.29 is 29.0 Å². The number of nitro groups is 1. The van der Waals surface area contributed by atoms with Gasteiger partial charge in [-0.05, 0) is 19.1 Å². The molecule has 0 radical (unpaired) electrons. The van der Waals surface area contributed by atoms with E-state index in [0.29, 0.717) is 11.5 Å². The number of carbonyl (C=O) groups is 1. The molecular weight excluding hydrogens is 370 g/mol. The molecule has 2 aromatic rings. The third-order valence-corrected chi connectivity index (χ3v) is 3.78. The van der Waals surface area contributed by atoms with Crippen LogP contribution in [0.1, 0.15) is 12.5 Å². The van der Waals surface area contributed by atoms with Gasteiger partial charge in [0.1, 0.15) is 6.61 Å².